The average Bonchev–Trinajstić information content (AvgIpc) is 2.59. The van der Waals surface area contributed by atoms with Crippen molar-refractivity contribution in [3.63, 3.8) is 0 Å². The first-order valence-electron chi connectivity index (χ1n) is 8.08. The highest BCUT2D eigenvalue weighted by atomic mass is 35.5. The van der Waals surface area contributed by atoms with Gasteiger partial charge in [0, 0.05) is 6.54 Å². The summed E-state index contributed by atoms with van der Waals surface area (Å²) in [5.74, 6) is -60.5. The summed E-state index contributed by atoms with van der Waals surface area (Å²) in [4.78, 5) is 11.1. The molecule has 0 aromatic carbocycles. The summed E-state index contributed by atoms with van der Waals surface area (Å²) in [7, 11) is 0. The number of carbonyl (C=O) groups excluding carboxylic acids is 1. The van der Waals surface area contributed by atoms with E-state index in [1.54, 1.807) is 0 Å². The Morgan fingerprint density at radius 3 is 1.24 bits per heavy atom. The van der Waals surface area contributed by atoms with E-state index in [4.69, 9.17) is 0 Å². The van der Waals surface area contributed by atoms with Crippen molar-refractivity contribution in [2.75, 3.05) is 6.54 Å². The highest BCUT2D eigenvalue weighted by molar-refractivity contribution is 6.22. The Morgan fingerprint density at radius 2 is 0.939 bits per heavy atom. The molecule has 19 heteroatoms. The van der Waals surface area contributed by atoms with Crippen LogP contribution in [0.15, 0.2) is 0 Å². The molecule has 0 saturated carbocycles. The summed E-state index contributed by atoms with van der Waals surface area (Å²) >= 11 is 3.40. The van der Waals surface area contributed by atoms with Gasteiger partial charge in [0.05, 0.1) is 0 Å². The largest absolute Gasteiger partial charge is 0.393 e. The molecule has 2 nitrogen and oxygen atoms in total. The molecule has 0 aliphatic carbocycles. The van der Waals surface area contributed by atoms with Crippen molar-refractivity contribution >= 4 is 17.5 Å². The fourth-order valence-corrected chi connectivity index (χ4v) is 2.01. The Balaban J connectivity index is 6.50. The van der Waals surface area contributed by atoms with Crippen LogP contribution in [0.4, 0.5) is 70.2 Å². The standard InChI is InChI=1S/C14H12ClF16NO/c1-5(2)3-4-32-6(33)7(16,17)8(18,19)9(20,21)10(22,23)11(24,25)12(26,27)13(28,29)14(15,30)31/h5H,3-4H2,1-2H3,(H,32,33). The van der Waals surface area contributed by atoms with E-state index in [-0.39, 0.29) is 6.42 Å². The zero-order valence-corrected chi connectivity index (χ0v) is 16.6. The minimum atomic E-state index is -8.58. The van der Waals surface area contributed by atoms with E-state index in [0.29, 0.717) is 0 Å². The predicted molar refractivity (Wildman–Crippen MR) is 77.9 cm³/mol. The highest BCUT2D eigenvalue weighted by Crippen LogP contribution is 2.64. The van der Waals surface area contributed by atoms with Gasteiger partial charge in [-0.15, -0.1) is 0 Å². The van der Waals surface area contributed by atoms with Gasteiger partial charge in [-0.3, -0.25) is 4.79 Å². The number of halogens is 17. The molecule has 0 heterocycles. The van der Waals surface area contributed by atoms with E-state index in [1.807, 2.05) is 0 Å². The minimum Gasteiger partial charge on any atom is -0.351 e. The molecule has 0 spiro atoms. The van der Waals surface area contributed by atoms with Crippen LogP contribution in [0.5, 0.6) is 0 Å². The van der Waals surface area contributed by atoms with E-state index in [1.165, 1.54) is 13.8 Å². The van der Waals surface area contributed by atoms with Crippen LogP contribution >= 0.6 is 11.6 Å². The molecule has 1 amide bonds. The van der Waals surface area contributed by atoms with Crippen LogP contribution in [-0.2, 0) is 4.79 Å². The van der Waals surface area contributed by atoms with Gasteiger partial charge < -0.3 is 5.32 Å². The zero-order chi connectivity index (χ0) is 27.3. The van der Waals surface area contributed by atoms with Crippen molar-refractivity contribution < 1.29 is 75.0 Å². The van der Waals surface area contributed by atoms with Gasteiger partial charge in [0.1, 0.15) is 0 Å². The van der Waals surface area contributed by atoms with Crippen LogP contribution in [0.25, 0.3) is 0 Å². The molecule has 0 radical (unpaired) electrons. The molecule has 198 valence electrons. The monoisotopic (exact) mass is 549 g/mol. The smallest absolute Gasteiger partial charge is 0.351 e. The third kappa shape index (κ3) is 4.63. The van der Waals surface area contributed by atoms with E-state index in [0.717, 1.165) is 5.32 Å². The second kappa shape index (κ2) is 8.70. The Bertz CT molecular complexity index is 714. The molecule has 0 unspecified atom stereocenters. The van der Waals surface area contributed by atoms with Crippen molar-refractivity contribution in [3.05, 3.63) is 0 Å². The van der Waals surface area contributed by atoms with E-state index < -0.39 is 65.2 Å². The lowest BCUT2D eigenvalue weighted by atomic mass is 9.89. The molecule has 0 atom stereocenters. The zero-order valence-electron chi connectivity index (χ0n) is 15.8. The summed E-state index contributed by atoms with van der Waals surface area (Å²) in [6.45, 7) is 1.78. The van der Waals surface area contributed by atoms with Crippen molar-refractivity contribution in [1.29, 1.82) is 0 Å². The van der Waals surface area contributed by atoms with E-state index >= 15 is 0 Å². The first-order valence-corrected chi connectivity index (χ1v) is 8.46. The minimum absolute atomic E-state index is 0.286. The average molecular weight is 550 g/mol. The Morgan fingerprint density at radius 1 is 0.636 bits per heavy atom. The summed E-state index contributed by atoms with van der Waals surface area (Å²) in [5.41, 5.74) is 0. The second-order valence-electron chi connectivity index (χ2n) is 6.96. The van der Waals surface area contributed by atoms with Gasteiger partial charge in [-0.25, -0.2) is 0 Å². The number of alkyl halides is 17. The molecule has 0 aromatic rings. The number of rotatable bonds is 11. The molecule has 0 saturated heterocycles. The van der Waals surface area contributed by atoms with Gasteiger partial charge in [-0.1, -0.05) is 13.8 Å². The quantitative estimate of drug-likeness (QED) is 0.234. The maximum Gasteiger partial charge on any atom is 0.393 e. The Kier molecular flexibility index (Phi) is 8.34. The Hall–Kier alpha value is -1.36. The van der Waals surface area contributed by atoms with Gasteiger partial charge in [0.15, 0.2) is 0 Å². The molecular formula is C14H12ClF16NO. The summed E-state index contributed by atoms with van der Waals surface area (Å²) in [6, 6.07) is 0. The highest BCUT2D eigenvalue weighted by Gasteiger charge is 2.95. The molecule has 0 bridgehead atoms. The van der Waals surface area contributed by atoms with Crippen LogP contribution in [0, 0.1) is 5.92 Å². The molecule has 1 N–H and O–H groups in total. The summed E-state index contributed by atoms with van der Waals surface area (Å²) in [5, 5.41) is -5.96. The van der Waals surface area contributed by atoms with Crippen molar-refractivity contribution in [2.24, 2.45) is 5.92 Å². The van der Waals surface area contributed by atoms with E-state index in [9.17, 15) is 75.0 Å². The lowest BCUT2D eigenvalue weighted by molar-refractivity contribution is -0.446. The van der Waals surface area contributed by atoms with Crippen molar-refractivity contribution in [1.82, 2.24) is 5.32 Å². The third-order valence-electron chi connectivity index (χ3n) is 4.01. The first kappa shape index (κ1) is 31.6. The van der Waals surface area contributed by atoms with Gasteiger partial charge in [0.25, 0.3) is 5.91 Å². The van der Waals surface area contributed by atoms with Crippen LogP contribution < -0.4 is 5.32 Å². The third-order valence-corrected chi connectivity index (χ3v) is 4.25. The normalized spacial score (nSPS) is 15.8. The number of hydrogen-bond donors (Lipinski definition) is 1. The SMILES string of the molecule is CC(C)CCNC(=O)C(F)(F)C(F)(F)C(F)(F)C(F)(F)C(F)(F)C(F)(F)C(F)(F)C(F)(F)Cl. The molecular weight excluding hydrogens is 538 g/mol. The summed E-state index contributed by atoms with van der Waals surface area (Å²) < 4.78 is 212. The molecule has 0 fully saturated rings. The predicted octanol–water partition coefficient (Wildman–Crippen LogP) is 6.43. The fourth-order valence-electron chi connectivity index (χ4n) is 1.89. The van der Waals surface area contributed by atoms with Crippen molar-refractivity contribution in [3.8, 4) is 0 Å². The van der Waals surface area contributed by atoms with Gasteiger partial charge >= 0.3 is 46.8 Å². The molecule has 0 aromatic heterocycles. The van der Waals surface area contributed by atoms with Crippen molar-refractivity contribution in [2.45, 2.75) is 67.1 Å². The summed E-state index contributed by atoms with van der Waals surface area (Å²) in [6.07, 6.45) is -0.286. The molecule has 0 rings (SSSR count). The van der Waals surface area contributed by atoms with Crippen LogP contribution in [0.1, 0.15) is 20.3 Å². The fraction of sp³-hybridized carbons (Fsp3) is 0.929. The van der Waals surface area contributed by atoms with Gasteiger partial charge in [-0.05, 0) is 23.9 Å². The van der Waals surface area contributed by atoms with Gasteiger partial charge in [-0.2, -0.15) is 70.2 Å². The van der Waals surface area contributed by atoms with Crippen LogP contribution in [0.2, 0.25) is 0 Å². The number of carbonyl (C=O) groups is 1. The number of nitrogens with one attached hydrogen (secondary N) is 1. The number of hydrogen-bond acceptors (Lipinski definition) is 1. The van der Waals surface area contributed by atoms with E-state index in [2.05, 4.69) is 11.6 Å². The second-order valence-corrected chi connectivity index (χ2v) is 7.43. The maximum absolute atomic E-state index is 13.6. The lowest BCUT2D eigenvalue weighted by Crippen LogP contribution is -2.75. The topological polar surface area (TPSA) is 29.1 Å². The molecule has 0 aliphatic rings. The van der Waals surface area contributed by atoms with Crippen LogP contribution in [0.3, 0.4) is 0 Å². The molecule has 33 heavy (non-hydrogen) atoms. The first-order chi connectivity index (χ1) is 14.1. The lowest BCUT2D eigenvalue weighted by Gasteiger charge is -2.42. The van der Waals surface area contributed by atoms with Gasteiger partial charge in [0.2, 0.25) is 0 Å². The number of amides is 1. The Labute approximate surface area is 178 Å². The maximum atomic E-state index is 13.6. The van der Waals surface area contributed by atoms with Crippen LogP contribution in [-0.4, -0.2) is 59.3 Å². The molecule has 0 aliphatic heterocycles.